The van der Waals surface area contributed by atoms with Crippen LogP contribution in [0.1, 0.15) is 22.8 Å². The minimum absolute atomic E-state index is 0.260. The lowest BCUT2D eigenvalue weighted by Crippen LogP contribution is -2.31. The van der Waals surface area contributed by atoms with Gasteiger partial charge >= 0.3 is 0 Å². The minimum Gasteiger partial charge on any atom is -0.507 e. The number of rotatable bonds is 4. The molecule has 0 unspecified atom stereocenters. The Labute approximate surface area is 122 Å². The number of phenolic OH excluding ortho intramolecular Hbond substituents is 1. The number of hydrogen-bond donors (Lipinski definition) is 2. The minimum atomic E-state index is -0.737. The number of aromatic hydroxyl groups is 1. The molecule has 0 heterocycles. The monoisotopic (exact) mass is 288 g/mol. The first kappa shape index (κ1) is 14.8. The van der Waals surface area contributed by atoms with Crippen molar-refractivity contribution in [2.24, 2.45) is 0 Å². The summed E-state index contributed by atoms with van der Waals surface area (Å²) < 4.78 is 13.8. The maximum Gasteiger partial charge on any atom is 0.260 e. The van der Waals surface area contributed by atoms with E-state index in [0.717, 1.165) is 11.6 Å². The van der Waals surface area contributed by atoms with Crippen molar-refractivity contribution in [3.63, 3.8) is 0 Å². The zero-order valence-electron chi connectivity index (χ0n) is 11.7. The second-order valence-corrected chi connectivity index (χ2v) is 4.65. The zero-order chi connectivity index (χ0) is 15.4. The lowest BCUT2D eigenvalue weighted by Gasteiger charge is -2.22. The lowest BCUT2D eigenvalue weighted by atomic mass is 10.1. The van der Waals surface area contributed by atoms with Gasteiger partial charge < -0.3 is 15.7 Å². The molecule has 110 valence electrons. The summed E-state index contributed by atoms with van der Waals surface area (Å²) in [6, 6.07) is 11.0. The van der Waals surface area contributed by atoms with Crippen molar-refractivity contribution in [1.29, 1.82) is 0 Å². The van der Waals surface area contributed by atoms with Gasteiger partial charge in [-0.1, -0.05) is 24.3 Å². The summed E-state index contributed by atoms with van der Waals surface area (Å²) in [6.45, 7) is 2.42. The van der Waals surface area contributed by atoms with E-state index in [0.29, 0.717) is 12.2 Å². The number of amides is 1. The van der Waals surface area contributed by atoms with Crippen molar-refractivity contribution >= 4 is 11.6 Å². The molecule has 0 aliphatic heterocycles. The third-order valence-corrected chi connectivity index (χ3v) is 3.29. The maximum absolute atomic E-state index is 13.8. The summed E-state index contributed by atoms with van der Waals surface area (Å²) in [5.74, 6) is -1.66. The first-order chi connectivity index (χ1) is 10.0. The number of nitrogen functional groups attached to an aromatic ring is 1. The van der Waals surface area contributed by atoms with Crippen molar-refractivity contribution in [3.05, 3.63) is 59.4 Å². The van der Waals surface area contributed by atoms with Crippen LogP contribution in [0.15, 0.2) is 42.5 Å². The molecule has 4 nitrogen and oxygen atoms in total. The van der Waals surface area contributed by atoms with Gasteiger partial charge in [0.15, 0.2) is 0 Å². The molecule has 0 saturated heterocycles. The highest BCUT2D eigenvalue weighted by atomic mass is 19.1. The number of carbonyl (C=O) groups is 1. The zero-order valence-corrected chi connectivity index (χ0v) is 11.7. The SMILES string of the molecule is CCN(Cc1ccccc1N)C(=O)c1c(O)cccc1F. The Morgan fingerprint density at radius 1 is 1.24 bits per heavy atom. The number of hydrogen-bond acceptors (Lipinski definition) is 3. The van der Waals surface area contributed by atoms with Gasteiger partial charge in [-0.2, -0.15) is 0 Å². The van der Waals surface area contributed by atoms with Gasteiger partial charge in [0.05, 0.1) is 0 Å². The van der Waals surface area contributed by atoms with E-state index in [-0.39, 0.29) is 17.9 Å². The van der Waals surface area contributed by atoms with Crippen LogP contribution in [-0.4, -0.2) is 22.5 Å². The number of benzene rings is 2. The quantitative estimate of drug-likeness (QED) is 0.850. The molecule has 0 spiro atoms. The van der Waals surface area contributed by atoms with Gasteiger partial charge in [0.25, 0.3) is 5.91 Å². The molecule has 3 N–H and O–H groups in total. The normalized spacial score (nSPS) is 10.4. The number of halogens is 1. The summed E-state index contributed by atoms with van der Waals surface area (Å²) >= 11 is 0. The topological polar surface area (TPSA) is 66.6 Å². The van der Waals surface area contributed by atoms with Gasteiger partial charge in [0.1, 0.15) is 17.1 Å². The van der Waals surface area contributed by atoms with Crippen LogP contribution in [-0.2, 0) is 6.54 Å². The van der Waals surface area contributed by atoms with Crippen LogP contribution in [0.2, 0.25) is 0 Å². The van der Waals surface area contributed by atoms with Crippen LogP contribution in [0.5, 0.6) is 5.75 Å². The molecule has 1 amide bonds. The number of phenols is 1. The summed E-state index contributed by atoms with van der Waals surface area (Å²) in [7, 11) is 0. The molecule has 0 aliphatic carbocycles. The second kappa shape index (κ2) is 6.26. The molecule has 0 saturated carbocycles. The number of nitrogens with two attached hydrogens (primary N) is 1. The number of anilines is 1. The summed E-state index contributed by atoms with van der Waals surface area (Å²) in [4.78, 5) is 13.9. The highest BCUT2D eigenvalue weighted by Gasteiger charge is 2.22. The molecule has 5 heteroatoms. The number of nitrogens with zero attached hydrogens (tertiary/aromatic N) is 1. The molecule has 2 aromatic carbocycles. The Bertz CT molecular complexity index is 638. The van der Waals surface area contributed by atoms with Gasteiger partial charge in [-0.15, -0.1) is 0 Å². The summed E-state index contributed by atoms with van der Waals surface area (Å²) in [6.07, 6.45) is 0. The van der Waals surface area contributed by atoms with Crippen LogP contribution >= 0.6 is 0 Å². The first-order valence-electron chi connectivity index (χ1n) is 6.64. The van der Waals surface area contributed by atoms with E-state index < -0.39 is 11.7 Å². The van der Waals surface area contributed by atoms with E-state index in [1.807, 2.05) is 12.1 Å². The fourth-order valence-electron chi connectivity index (χ4n) is 2.09. The third-order valence-electron chi connectivity index (χ3n) is 3.29. The van der Waals surface area contributed by atoms with Gasteiger partial charge in [-0.25, -0.2) is 4.39 Å². The molecular weight excluding hydrogens is 271 g/mol. The van der Waals surface area contributed by atoms with Gasteiger partial charge in [-0.05, 0) is 30.7 Å². The average Bonchev–Trinajstić information content (AvgIpc) is 2.46. The number of carbonyl (C=O) groups excluding carboxylic acids is 1. The molecule has 21 heavy (non-hydrogen) atoms. The van der Waals surface area contributed by atoms with Crippen LogP contribution < -0.4 is 5.73 Å². The molecule has 0 fully saturated rings. The maximum atomic E-state index is 13.8. The molecule has 2 rings (SSSR count). The van der Waals surface area contributed by atoms with Crippen LogP contribution in [0.3, 0.4) is 0 Å². The van der Waals surface area contributed by atoms with Gasteiger partial charge in [-0.3, -0.25) is 4.79 Å². The van der Waals surface area contributed by atoms with Crippen molar-refractivity contribution in [3.8, 4) is 5.75 Å². The molecule has 0 bridgehead atoms. The Morgan fingerprint density at radius 2 is 1.95 bits per heavy atom. The Balaban J connectivity index is 2.30. The number of para-hydroxylation sites is 1. The van der Waals surface area contributed by atoms with Gasteiger partial charge in [0.2, 0.25) is 0 Å². The average molecular weight is 288 g/mol. The standard InChI is InChI=1S/C16H17FN2O2/c1-2-19(10-11-6-3-4-8-13(11)18)16(21)15-12(17)7-5-9-14(15)20/h3-9,20H,2,10,18H2,1H3. The van der Waals surface area contributed by atoms with Crippen molar-refractivity contribution < 1.29 is 14.3 Å². The Kier molecular flexibility index (Phi) is 4.42. The molecule has 0 radical (unpaired) electrons. The van der Waals surface area contributed by atoms with E-state index in [1.54, 1.807) is 19.1 Å². The van der Waals surface area contributed by atoms with E-state index in [2.05, 4.69) is 0 Å². The molecule has 2 aromatic rings. The van der Waals surface area contributed by atoms with E-state index in [4.69, 9.17) is 5.73 Å². The predicted octanol–water partition coefficient (Wildman–Crippen LogP) is 2.78. The van der Waals surface area contributed by atoms with Crippen LogP contribution in [0.25, 0.3) is 0 Å². The molecular formula is C16H17FN2O2. The predicted molar refractivity (Wildman–Crippen MR) is 79.3 cm³/mol. The van der Waals surface area contributed by atoms with E-state index in [1.165, 1.54) is 17.0 Å². The smallest absolute Gasteiger partial charge is 0.260 e. The fourth-order valence-corrected chi connectivity index (χ4v) is 2.09. The Morgan fingerprint density at radius 3 is 2.57 bits per heavy atom. The highest BCUT2D eigenvalue weighted by Crippen LogP contribution is 2.23. The van der Waals surface area contributed by atoms with Crippen LogP contribution in [0, 0.1) is 5.82 Å². The van der Waals surface area contributed by atoms with E-state index >= 15 is 0 Å². The Hall–Kier alpha value is -2.56. The highest BCUT2D eigenvalue weighted by molar-refractivity contribution is 5.97. The fraction of sp³-hybridized carbons (Fsp3) is 0.188. The molecule has 0 aliphatic rings. The third kappa shape index (κ3) is 3.13. The largest absolute Gasteiger partial charge is 0.507 e. The summed E-state index contributed by atoms with van der Waals surface area (Å²) in [5.41, 5.74) is 6.90. The van der Waals surface area contributed by atoms with Crippen molar-refractivity contribution in [2.45, 2.75) is 13.5 Å². The summed E-state index contributed by atoms with van der Waals surface area (Å²) in [5, 5.41) is 9.71. The van der Waals surface area contributed by atoms with Gasteiger partial charge in [0, 0.05) is 18.8 Å². The van der Waals surface area contributed by atoms with E-state index in [9.17, 15) is 14.3 Å². The molecule has 0 aromatic heterocycles. The van der Waals surface area contributed by atoms with Crippen LogP contribution in [0.4, 0.5) is 10.1 Å². The molecule has 0 atom stereocenters. The van der Waals surface area contributed by atoms with Crippen molar-refractivity contribution in [1.82, 2.24) is 4.90 Å². The first-order valence-corrected chi connectivity index (χ1v) is 6.64. The van der Waals surface area contributed by atoms with Crippen molar-refractivity contribution in [2.75, 3.05) is 12.3 Å². The second-order valence-electron chi connectivity index (χ2n) is 4.65. The lowest BCUT2D eigenvalue weighted by molar-refractivity contribution is 0.0745.